The van der Waals surface area contributed by atoms with E-state index >= 15 is 0 Å². The number of nitrogens with zero attached hydrogens (tertiary/aromatic N) is 3. The Kier molecular flexibility index (Phi) is 3.39. The van der Waals surface area contributed by atoms with Gasteiger partial charge >= 0.3 is 0 Å². The second-order valence-corrected chi connectivity index (χ2v) is 3.79. The Morgan fingerprint density at radius 1 is 1.35 bits per heavy atom. The first-order valence-corrected chi connectivity index (χ1v) is 5.35. The molecule has 5 nitrogen and oxygen atoms in total. The monoisotopic (exact) mass is 233 g/mol. The van der Waals surface area contributed by atoms with Crippen molar-refractivity contribution >= 4 is 0 Å². The van der Waals surface area contributed by atoms with Crippen molar-refractivity contribution < 1.29 is 9.84 Å². The molecule has 1 aromatic heterocycles. The topological polar surface area (TPSA) is 60.2 Å². The summed E-state index contributed by atoms with van der Waals surface area (Å²) in [5.41, 5.74) is 0.841. The lowest BCUT2D eigenvalue weighted by Gasteiger charge is -2.10. The van der Waals surface area contributed by atoms with Gasteiger partial charge in [-0.1, -0.05) is 12.1 Å². The number of hydrogen-bond acceptors (Lipinski definition) is 4. The summed E-state index contributed by atoms with van der Waals surface area (Å²) in [6, 6.07) is 7.35. The molecule has 17 heavy (non-hydrogen) atoms. The molecule has 2 rings (SSSR count). The zero-order chi connectivity index (χ0) is 12.3. The van der Waals surface area contributed by atoms with Gasteiger partial charge in [-0.05, 0) is 17.7 Å². The predicted octanol–water partition coefficient (Wildman–Crippen LogP) is 1.10. The Balaban J connectivity index is 2.09. The Hall–Kier alpha value is -1.88. The quantitative estimate of drug-likeness (QED) is 0.859. The average Bonchev–Trinajstić information content (AvgIpc) is 2.75. The van der Waals surface area contributed by atoms with Crippen LogP contribution in [-0.4, -0.2) is 27.0 Å². The SMILES string of the molecule is COc1ccc(C(O)Cc2ncnn2C)cc1. The zero-order valence-corrected chi connectivity index (χ0v) is 9.87. The van der Waals surface area contributed by atoms with Crippen LogP contribution < -0.4 is 4.74 Å². The second kappa shape index (κ2) is 4.97. The highest BCUT2D eigenvalue weighted by molar-refractivity contribution is 5.28. The molecule has 1 aromatic carbocycles. The van der Waals surface area contributed by atoms with Gasteiger partial charge in [0.1, 0.15) is 17.9 Å². The first-order chi connectivity index (χ1) is 8.20. The molecule has 90 valence electrons. The lowest BCUT2D eigenvalue weighted by Crippen LogP contribution is -2.07. The third-order valence-corrected chi connectivity index (χ3v) is 2.68. The highest BCUT2D eigenvalue weighted by atomic mass is 16.5. The van der Waals surface area contributed by atoms with E-state index in [1.54, 1.807) is 11.8 Å². The van der Waals surface area contributed by atoms with E-state index < -0.39 is 6.10 Å². The van der Waals surface area contributed by atoms with E-state index in [9.17, 15) is 5.11 Å². The zero-order valence-electron chi connectivity index (χ0n) is 9.87. The molecule has 0 saturated carbocycles. The van der Waals surface area contributed by atoms with Crippen molar-refractivity contribution in [1.29, 1.82) is 0 Å². The number of rotatable bonds is 4. The van der Waals surface area contributed by atoms with Crippen molar-refractivity contribution in [2.24, 2.45) is 7.05 Å². The van der Waals surface area contributed by atoms with Crippen LogP contribution in [0.15, 0.2) is 30.6 Å². The van der Waals surface area contributed by atoms with E-state index in [0.717, 1.165) is 17.1 Å². The van der Waals surface area contributed by atoms with Crippen molar-refractivity contribution in [3.63, 3.8) is 0 Å². The van der Waals surface area contributed by atoms with Crippen LogP contribution in [0.25, 0.3) is 0 Å². The Morgan fingerprint density at radius 3 is 2.59 bits per heavy atom. The van der Waals surface area contributed by atoms with Crippen LogP contribution in [0.3, 0.4) is 0 Å². The highest BCUT2D eigenvalue weighted by Gasteiger charge is 2.11. The minimum Gasteiger partial charge on any atom is -0.497 e. The molecule has 0 spiro atoms. The van der Waals surface area contributed by atoms with Gasteiger partial charge in [-0.3, -0.25) is 4.68 Å². The van der Waals surface area contributed by atoms with E-state index in [-0.39, 0.29) is 0 Å². The predicted molar refractivity (Wildman–Crippen MR) is 62.7 cm³/mol. The smallest absolute Gasteiger partial charge is 0.138 e. The molecular formula is C12H15N3O2. The summed E-state index contributed by atoms with van der Waals surface area (Å²) in [7, 11) is 3.42. The average molecular weight is 233 g/mol. The summed E-state index contributed by atoms with van der Waals surface area (Å²) in [5, 5.41) is 14.0. The van der Waals surface area contributed by atoms with Gasteiger partial charge in [0.15, 0.2) is 0 Å². The Labute approximate surface area is 99.7 Å². The highest BCUT2D eigenvalue weighted by Crippen LogP contribution is 2.20. The van der Waals surface area contributed by atoms with E-state index in [2.05, 4.69) is 10.1 Å². The fourth-order valence-electron chi connectivity index (χ4n) is 1.62. The van der Waals surface area contributed by atoms with Crippen molar-refractivity contribution in [3.8, 4) is 5.75 Å². The van der Waals surface area contributed by atoms with Crippen LogP contribution >= 0.6 is 0 Å². The lowest BCUT2D eigenvalue weighted by molar-refractivity contribution is 0.174. The molecule has 1 atom stereocenters. The van der Waals surface area contributed by atoms with Crippen molar-refractivity contribution in [2.75, 3.05) is 7.11 Å². The first kappa shape index (κ1) is 11.6. The minimum atomic E-state index is -0.580. The van der Waals surface area contributed by atoms with Crippen molar-refractivity contribution in [1.82, 2.24) is 14.8 Å². The van der Waals surface area contributed by atoms with E-state index in [1.807, 2.05) is 31.3 Å². The molecule has 0 bridgehead atoms. The minimum absolute atomic E-state index is 0.447. The van der Waals surface area contributed by atoms with Crippen LogP contribution in [0.1, 0.15) is 17.5 Å². The summed E-state index contributed by atoms with van der Waals surface area (Å²) in [6.07, 6.45) is 1.35. The number of aromatic nitrogens is 3. The van der Waals surface area contributed by atoms with Gasteiger partial charge in [0.25, 0.3) is 0 Å². The molecule has 0 fully saturated rings. The third kappa shape index (κ3) is 2.62. The maximum Gasteiger partial charge on any atom is 0.138 e. The molecule has 0 aliphatic carbocycles. The van der Waals surface area contributed by atoms with Crippen molar-refractivity contribution in [2.45, 2.75) is 12.5 Å². The van der Waals surface area contributed by atoms with Gasteiger partial charge in [-0.2, -0.15) is 5.10 Å². The fourth-order valence-corrected chi connectivity index (χ4v) is 1.62. The summed E-state index contributed by atoms with van der Waals surface area (Å²) in [6.45, 7) is 0. The number of benzene rings is 1. The van der Waals surface area contributed by atoms with E-state index in [4.69, 9.17) is 4.74 Å². The van der Waals surface area contributed by atoms with Crippen LogP contribution in [0.2, 0.25) is 0 Å². The van der Waals surface area contributed by atoms with Gasteiger partial charge in [-0.25, -0.2) is 4.98 Å². The molecule has 0 aliphatic heterocycles. The van der Waals surface area contributed by atoms with Crippen LogP contribution in [-0.2, 0) is 13.5 Å². The molecular weight excluding hydrogens is 218 g/mol. The molecule has 0 aliphatic rings. The molecule has 1 unspecified atom stereocenters. The van der Waals surface area contributed by atoms with E-state index in [1.165, 1.54) is 6.33 Å². The second-order valence-electron chi connectivity index (χ2n) is 3.79. The van der Waals surface area contributed by atoms with Gasteiger partial charge in [0.2, 0.25) is 0 Å². The molecule has 0 saturated heterocycles. The van der Waals surface area contributed by atoms with Crippen LogP contribution in [0.5, 0.6) is 5.75 Å². The largest absolute Gasteiger partial charge is 0.497 e. The Bertz CT molecular complexity index is 479. The molecule has 1 heterocycles. The lowest BCUT2D eigenvalue weighted by atomic mass is 10.1. The number of aryl methyl sites for hydroxylation is 1. The first-order valence-electron chi connectivity index (χ1n) is 5.35. The number of ether oxygens (including phenoxy) is 1. The van der Waals surface area contributed by atoms with Crippen LogP contribution in [0.4, 0.5) is 0 Å². The standard InChI is InChI=1S/C12H15N3O2/c1-15-12(13-8-14-15)7-11(16)9-3-5-10(17-2)6-4-9/h3-6,8,11,16H,7H2,1-2H3. The summed E-state index contributed by atoms with van der Waals surface area (Å²) in [4.78, 5) is 4.08. The number of methoxy groups -OCH3 is 1. The summed E-state index contributed by atoms with van der Waals surface area (Å²) >= 11 is 0. The molecule has 0 radical (unpaired) electrons. The number of aliphatic hydroxyl groups is 1. The molecule has 0 amide bonds. The van der Waals surface area contributed by atoms with Gasteiger partial charge in [-0.15, -0.1) is 0 Å². The number of aliphatic hydroxyl groups excluding tert-OH is 1. The maximum absolute atomic E-state index is 10.1. The van der Waals surface area contributed by atoms with E-state index in [0.29, 0.717) is 6.42 Å². The molecule has 1 N–H and O–H groups in total. The van der Waals surface area contributed by atoms with Gasteiger partial charge in [0.05, 0.1) is 13.2 Å². The number of hydrogen-bond donors (Lipinski definition) is 1. The fraction of sp³-hybridized carbons (Fsp3) is 0.333. The molecule has 2 aromatic rings. The third-order valence-electron chi connectivity index (χ3n) is 2.68. The summed E-state index contributed by atoms with van der Waals surface area (Å²) in [5.74, 6) is 1.54. The van der Waals surface area contributed by atoms with Gasteiger partial charge in [0, 0.05) is 13.5 Å². The van der Waals surface area contributed by atoms with Crippen LogP contribution in [0, 0.1) is 0 Å². The molecule has 5 heteroatoms. The van der Waals surface area contributed by atoms with Gasteiger partial charge < -0.3 is 9.84 Å². The normalized spacial score (nSPS) is 12.4. The Morgan fingerprint density at radius 2 is 2.06 bits per heavy atom. The summed E-state index contributed by atoms with van der Waals surface area (Å²) < 4.78 is 6.73. The van der Waals surface area contributed by atoms with Crippen molar-refractivity contribution in [3.05, 3.63) is 42.0 Å². The maximum atomic E-state index is 10.1.